The highest BCUT2D eigenvalue weighted by Gasteiger charge is 2.32. The monoisotopic (exact) mass is 311 g/mol. The Kier molecular flexibility index (Phi) is 3.16. The lowest BCUT2D eigenvalue weighted by molar-refractivity contribution is 0.0833. The van der Waals surface area contributed by atoms with Gasteiger partial charge in [0.25, 0.3) is 5.91 Å². The van der Waals surface area contributed by atoms with Gasteiger partial charge >= 0.3 is 0 Å². The molecular formula is C18H14FNO3. The van der Waals surface area contributed by atoms with Gasteiger partial charge in [0.05, 0.1) is 12.1 Å². The Bertz CT molecular complexity index is 902. The van der Waals surface area contributed by atoms with Gasteiger partial charge in [-0.3, -0.25) is 4.79 Å². The summed E-state index contributed by atoms with van der Waals surface area (Å²) in [4.78, 5) is 12.4. The van der Waals surface area contributed by atoms with Gasteiger partial charge in [-0.05, 0) is 23.3 Å². The number of benzene rings is 2. The molecule has 2 N–H and O–H groups in total. The summed E-state index contributed by atoms with van der Waals surface area (Å²) in [7, 11) is 0. The summed E-state index contributed by atoms with van der Waals surface area (Å²) in [6.07, 6.45) is -0.187. The Balaban J connectivity index is 1.63. The van der Waals surface area contributed by atoms with Crippen molar-refractivity contribution in [2.24, 2.45) is 0 Å². The molecule has 23 heavy (non-hydrogen) atoms. The molecule has 2 aromatic carbocycles. The Morgan fingerprint density at radius 2 is 2.04 bits per heavy atom. The first kappa shape index (κ1) is 14.0. The van der Waals surface area contributed by atoms with Crippen molar-refractivity contribution in [3.8, 4) is 0 Å². The van der Waals surface area contributed by atoms with Gasteiger partial charge in [0.2, 0.25) is 0 Å². The smallest absolute Gasteiger partial charge is 0.287 e. The summed E-state index contributed by atoms with van der Waals surface area (Å²) in [6, 6.07) is 13.1. The van der Waals surface area contributed by atoms with Gasteiger partial charge in [0.15, 0.2) is 17.2 Å². The number of rotatable bonds is 2. The Hall–Kier alpha value is -2.66. The third-order valence-corrected chi connectivity index (χ3v) is 4.21. The molecule has 1 aliphatic carbocycles. The number of furan rings is 1. The van der Waals surface area contributed by atoms with Crippen molar-refractivity contribution in [2.45, 2.75) is 18.6 Å². The molecule has 0 aliphatic heterocycles. The van der Waals surface area contributed by atoms with Gasteiger partial charge in [-0.25, -0.2) is 4.39 Å². The lowest BCUT2D eigenvalue weighted by Gasteiger charge is -2.17. The lowest BCUT2D eigenvalue weighted by atomic mass is 10.1. The summed E-state index contributed by atoms with van der Waals surface area (Å²) in [5.74, 6) is -0.948. The number of amides is 1. The van der Waals surface area contributed by atoms with E-state index in [-0.39, 0.29) is 11.3 Å². The van der Waals surface area contributed by atoms with Crippen LogP contribution in [-0.4, -0.2) is 17.1 Å². The fourth-order valence-corrected chi connectivity index (χ4v) is 3.10. The standard InChI is InChI=1S/C18H14FNO3/c19-13-7-3-5-11-9-15(23-17(11)13)18(22)20-16-12-6-2-1-4-10(12)8-14(16)21/h1-7,9,14,16,21H,8H2,(H,20,22). The van der Waals surface area contributed by atoms with E-state index in [0.29, 0.717) is 11.8 Å². The highest BCUT2D eigenvalue weighted by atomic mass is 19.1. The number of carbonyl (C=O) groups excluding carboxylic acids is 1. The molecule has 0 saturated heterocycles. The number of aliphatic hydroxyl groups excluding tert-OH is 1. The molecule has 0 bridgehead atoms. The van der Waals surface area contributed by atoms with Crippen molar-refractivity contribution >= 4 is 16.9 Å². The fraction of sp³-hybridized carbons (Fsp3) is 0.167. The molecule has 0 spiro atoms. The third kappa shape index (κ3) is 2.29. The van der Waals surface area contributed by atoms with E-state index in [1.54, 1.807) is 12.1 Å². The second kappa shape index (κ2) is 5.21. The van der Waals surface area contributed by atoms with Crippen LogP contribution in [0.3, 0.4) is 0 Å². The Morgan fingerprint density at radius 3 is 2.87 bits per heavy atom. The zero-order valence-corrected chi connectivity index (χ0v) is 12.1. The van der Waals surface area contributed by atoms with Crippen LogP contribution in [-0.2, 0) is 6.42 Å². The summed E-state index contributed by atoms with van der Waals surface area (Å²) >= 11 is 0. The highest BCUT2D eigenvalue weighted by molar-refractivity contribution is 5.96. The average molecular weight is 311 g/mol. The van der Waals surface area contributed by atoms with Crippen molar-refractivity contribution in [1.29, 1.82) is 0 Å². The van der Waals surface area contributed by atoms with E-state index in [4.69, 9.17) is 4.42 Å². The van der Waals surface area contributed by atoms with Crippen molar-refractivity contribution in [1.82, 2.24) is 5.32 Å². The van der Waals surface area contributed by atoms with Gasteiger partial charge in [-0.15, -0.1) is 0 Å². The third-order valence-electron chi connectivity index (χ3n) is 4.21. The molecule has 1 heterocycles. The molecule has 5 heteroatoms. The van der Waals surface area contributed by atoms with E-state index in [1.807, 2.05) is 24.3 Å². The zero-order chi connectivity index (χ0) is 16.0. The number of nitrogens with one attached hydrogen (secondary N) is 1. The molecule has 0 fully saturated rings. The van der Waals surface area contributed by atoms with Crippen LogP contribution in [0.5, 0.6) is 0 Å². The van der Waals surface area contributed by atoms with Gasteiger partial charge < -0.3 is 14.8 Å². The van der Waals surface area contributed by atoms with E-state index in [2.05, 4.69) is 5.32 Å². The molecule has 0 saturated carbocycles. The molecule has 4 rings (SSSR count). The molecule has 3 aromatic rings. The number of para-hydroxylation sites is 1. The van der Waals surface area contributed by atoms with Crippen molar-refractivity contribution in [3.05, 3.63) is 71.2 Å². The van der Waals surface area contributed by atoms with E-state index >= 15 is 0 Å². The number of halogens is 1. The second-order valence-corrected chi connectivity index (χ2v) is 5.69. The van der Waals surface area contributed by atoms with Crippen molar-refractivity contribution in [3.63, 3.8) is 0 Å². The molecule has 2 atom stereocenters. The van der Waals surface area contributed by atoms with Crippen LogP contribution in [0.1, 0.15) is 27.7 Å². The maximum absolute atomic E-state index is 13.7. The second-order valence-electron chi connectivity index (χ2n) is 5.69. The van der Waals surface area contributed by atoms with E-state index in [1.165, 1.54) is 12.1 Å². The summed E-state index contributed by atoms with van der Waals surface area (Å²) in [5.41, 5.74) is 1.97. The van der Waals surface area contributed by atoms with Crippen molar-refractivity contribution in [2.75, 3.05) is 0 Å². The molecule has 116 valence electrons. The predicted octanol–water partition coefficient (Wildman–Crippen LogP) is 2.96. The minimum absolute atomic E-state index is 0.0293. The number of hydrogen-bond acceptors (Lipinski definition) is 3. The van der Waals surface area contributed by atoms with Crippen LogP contribution in [0, 0.1) is 5.82 Å². The average Bonchev–Trinajstić information content (AvgIpc) is 3.10. The Labute approximate surface area is 131 Å². The fourth-order valence-electron chi connectivity index (χ4n) is 3.10. The van der Waals surface area contributed by atoms with Crippen molar-refractivity contribution < 1.29 is 18.7 Å². The maximum Gasteiger partial charge on any atom is 0.287 e. The van der Waals surface area contributed by atoms with Crippen LogP contribution >= 0.6 is 0 Å². The molecule has 4 nitrogen and oxygen atoms in total. The van der Waals surface area contributed by atoms with Gasteiger partial charge in [-0.1, -0.05) is 36.4 Å². The van der Waals surface area contributed by atoms with Crippen LogP contribution < -0.4 is 5.32 Å². The largest absolute Gasteiger partial charge is 0.448 e. The number of hydrogen-bond donors (Lipinski definition) is 2. The van der Waals surface area contributed by atoms with Gasteiger partial charge in [-0.2, -0.15) is 0 Å². The van der Waals surface area contributed by atoms with E-state index < -0.39 is 23.9 Å². The SMILES string of the molecule is O=C(NC1c2ccccc2CC1O)c1cc2cccc(F)c2o1. The lowest BCUT2D eigenvalue weighted by Crippen LogP contribution is -2.33. The van der Waals surface area contributed by atoms with Crippen LogP contribution in [0.4, 0.5) is 4.39 Å². The minimum Gasteiger partial charge on any atom is -0.448 e. The normalized spacial score (nSPS) is 19.7. The van der Waals surface area contributed by atoms with Gasteiger partial charge in [0, 0.05) is 11.8 Å². The van der Waals surface area contributed by atoms with E-state index in [0.717, 1.165) is 11.1 Å². The summed E-state index contributed by atoms with van der Waals surface area (Å²) in [5, 5.41) is 13.5. The molecular weight excluding hydrogens is 297 g/mol. The highest BCUT2D eigenvalue weighted by Crippen LogP contribution is 2.32. The van der Waals surface area contributed by atoms with Gasteiger partial charge in [0.1, 0.15) is 0 Å². The molecule has 2 unspecified atom stereocenters. The Morgan fingerprint density at radius 1 is 1.22 bits per heavy atom. The number of aliphatic hydroxyl groups is 1. The molecule has 1 aromatic heterocycles. The van der Waals surface area contributed by atoms with E-state index in [9.17, 15) is 14.3 Å². The summed E-state index contributed by atoms with van der Waals surface area (Å²) < 4.78 is 19.0. The molecule has 0 radical (unpaired) electrons. The van der Waals surface area contributed by atoms with Crippen LogP contribution in [0.15, 0.2) is 52.9 Å². The first-order valence-electron chi connectivity index (χ1n) is 7.38. The molecule has 1 aliphatic rings. The molecule has 1 amide bonds. The summed E-state index contributed by atoms with van der Waals surface area (Å²) in [6.45, 7) is 0. The van der Waals surface area contributed by atoms with Crippen LogP contribution in [0.2, 0.25) is 0 Å². The predicted molar refractivity (Wildman–Crippen MR) is 82.5 cm³/mol. The minimum atomic E-state index is -0.683. The van der Waals surface area contributed by atoms with Crippen LogP contribution in [0.25, 0.3) is 11.0 Å². The first-order valence-corrected chi connectivity index (χ1v) is 7.38. The number of carbonyl (C=O) groups is 1. The first-order chi connectivity index (χ1) is 11.1. The number of fused-ring (bicyclic) bond motifs is 2. The zero-order valence-electron chi connectivity index (χ0n) is 12.1. The maximum atomic E-state index is 13.7. The quantitative estimate of drug-likeness (QED) is 0.765. The topological polar surface area (TPSA) is 62.5 Å².